The lowest BCUT2D eigenvalue weighted by Crippen LogP contribution is -2.77. The molecule has 1 aliphatic heterocycles. The maximum Gasteiger partial charge on any atom is 0.251 e. The second kappa shape index (κ2) is 7.40. The molecule has 2 aromatic carbocycles. The van der Waals surface area contributed by atoms with Crippen LogP contribution in [-0.2, 0) is 16.0 Å². The summed E-state index contributed by atoms with van der Waals surface area (Å²) in [6.45, 7) is 1.01. The molecule has 4 rings (SSSR count). The average Bonchev–Trinajstić information content (AvgIpc) is 3.51. The van der Waals surface area contributed by atoms with E-state index in [-0.39, 0.29) is 17.4 Å². The third kappa shape index (κ3) is 3.42. The van der Waals surface area contributed by atoms with E-state index in [1.807, 2.05) is 53.4 Å². The van der Waals surface area contributed by atoms with Crippen molar-refractivity contribution in [3.8, 4) is 0 Å². The first kappa shape index (κ1) is 18.7. The summed E-state index contributed by atoms with van der Waals surface area (Å²) in [5, 5.41) is 3.20. The van der Waals surface area contributed by atoms with E-state index < -0.39 is 5.54 Å². The number of carbonyl (C=O) groups is 2. The molecule has 2 amide bonds. The van der Waals surface area contributed by atoms with Crippen molar-refractivity contribution < 1.29 is 14.3 Å². The highest BCUT2D eigenvalue weighted by atomic mass is 16.5. The monoisotopic (exact) mass is 378 g/mol. The van der Waals surface area contributed by atoms with Gasteiger partial charge >= 0.3 is 0 Å². The van der Waals surface area contributed by atoms with E-state index in [0.29, 0.717) is 25.1 Å². The zero-order valence-corrected chi connectivity index (χ0v) is 16.2. The van der Waals surface area contributed by atoms with Crippen LogP contribution in [0.2, 0.25) is 0 Å². The van der Waals surface area contributed by atoms with E-state index in [0.717, 1.165) is 24.8 Å². The van der Waals surface area contributed by atoms with E-state index in [1.54, 1.807) is 19.2 Å². The smallest absolute Gasteiger partial charge is 0.251 e. The van der Waals surface area contributed by atoms with Crippen LogP contribution in [0.3, 0.4) is 0 Å². The summed E-state index contributed by atoms with van der Waals surface area (Å²) in [5.74, 6) is 0.0145. The minimum Gasteiger partial charge on any atom is -0.376 e. The summed E-state index contributed by atoms with van der Waals surface area (Å²) in [5.41, 5.74) is 0.934. The van der Waals surface area contributed by atoms with Crippen LogP contribution >= 0.6 is 0 Å². The molecule has 146 valence electrons. The molecule has 1 aliphatic carbocycles. The van der Waals surface area contributed by atoms with Gasteiger partial charge in [0.1, 0.15) is 5.54 Å². The largest absolute Gasteiger partial charge is 0.376 e. The molecule has 1 heterocycles. The Morgan fingerprint density at radius 2 is 1.61 bits per heavy atom. The fourth-order valence-corrected chi connectivity index (χ4v) is 4.19. The van der Waals surface area contributed by atoms with Crippen molar-refractivity contribution in [3.05, 3.63) is 71.8 Å². The standard InChI is InChI=1S/C23H26N2O3/c1-28-23(14-15-23)22(24-21(27)19-10-6-3-7-11-19)16-25(17-22)20(26)13-12-18-8-4-2-5-9-18/h2-11H,12-17H2,1H3,(H,24,27). The number of amides is 2. The number of nitrogens with one attached hydrogen (secondary N) is 1. The molecule has 1 saturated heterocycles. The van der Waals surface area contributed by atoms with Crippen LogP contribution in [-0.4, -0.2) is 48.1 Å². The number of benzene rings is 2. The summed E-state index contributed by atoms with van der Waals surface area (Å²) in [6.07, 6.45) is 3.02. The van der Waals surface area contributed by atoms with Gasteiger partial charge in [-0.2, -0.15) is 0 Å². The molecule has 2 fully saturated rings. The van der Waals surface area contributed by atoms with Crippen LogP contribution < -0.4 is 5.32 Å². The molecular weight excluding hydrogens is 352 g/mol. The zero-order valence-electron chi connectivity index (χ0n) is 16.2. The molecular formula is C23H26N2O3. The number of likely N-dealkylation sites (tertiary alicyclic amines) is 1. The molecule has 28 heavy (non-hydrogen) atoms. The Morgan fingerprint density at radius 3 is 2.18 bits per heavy atom. The molecule has 0 bridgehead atoms. The summed E-state index contributed by atoms with van der Waals surface area (Å²) in [6, 6.07) is 19.2. The van der Waals surface area contributed by atoms with Crippen molar-refractivity contribution in [2.75, 3.05) is 20.2 Å². The van der Waals surface area contributed by atoms with Crippen LogP contribution in [0.15, 0.2) is 60.7 Å². The molecule has 2 aromatic rings. The van der Waals surface area contributed by atoms with Crippen molar-refractivity contribution in [3.63, 3.8) is 0 Å². The van der Waals surface area contributed by atoms with Crippen molar-refractivity contribution >= 4 is 11.8 Å². The van der Waals surface area contributed by atoms with Gasteiger partial charge in [-0.15, -0.1) is 0 Å². The lowest BCUT2D eigenvalue weighted by molar-refractivity contribution is -0.148. The number of methoxy groups -OCH3 is 1. The fraction of sp³-hybridized carbons (Fsp3) is 0.391. The van der Waals surface area contributed by atoms with Gasteiger partial charge in [-0.05, 0) is 37.0 Å². The number of hydrogen-bond donors (Lipinski definition) is 1. The highest BCUT2D eigenvalue weighted by Gasteiger charge is 2.66. The Morgan fingerprint density at radius 1 is 1.00 bits per heavy atom. The molecule has 0 unspecified atom stereocenters. The second-order valence-electron chi connectivity index (χ2n) is 7.84. The molecule has 0 spiro atoms. The van der Waals surface area contributed by atoms with E-state index in [4.69, 9.17) is 4.74 Å². The van der Waals surface area contributed by atoms with Gasteiger partial charge in [-0.3, -0.25) is 9.59 Å². The summed E-state index contributed by atoms with van der Waals surface area (Å²) < 4.78 is 5.80. The summed E-state index contributed by atoms with van der Waals surface area (Å²) >= 11 is 0. The molecule has 0 aromatic heterocycles. The Hall–Kier alpha value is -2.66. The average molecular weight is 378 g/mol. The predicted molar refractivity (Wildman–Crippen MR) is 107 cm³/mol. The van der Waals surface area contributed by atoms with Crippen molar-refractivity contribution in [1.29, 1.82) is 0 Å². The Labute approximate surface area is 165 Å². The predicted octanol–water partition coefficient (Wildman–Crippen LogP) is 2.81. The number of ether oxygens (including phenoxy) is 1. The Bertz CT molecular complexity index is 841. The highest BCUT2D eigenvalue weighted by Crippen LogP contribution is 2.51. The van der Waals surface area contributed by atoms with Gasteiger partial charge in [0.25, 0.3) is 5.91 Å². The number of rotatable bonds is 7. The third-order valence-electron chi connectivity index (χ3n) is 6.10. The van der Waals surface area contributed by atoms with Crippen LogP contribution in [0.25, 0.3) is 0 Å². The molecule has 2 aliphatic rings. The van der Waals surface area contributed by atoms with Crippen LogP contribution in [0.1, 0.15) is 35.2 Å². The minimum absolute atomic E-state index is 0.111. The number of hydrogen-bond acceptors (Lipinski definition) is 3. The summed E-state index contributed by atoms with van der Waals surface area (Å²) in [7, 11) is 1.70. The number of nitrogens with zero attached hydrogens (tertiary/aromatic N) is 1. The lowest BCUT2D eigenvalue weighted by atomic mass is 9.80. The van der Waals surface area contributed by atoms with Gasteiger partial charge in [0, 0.05) is 32.2 Å². The third-order valence-corrected chi connectivity index (χ3v) is 6.10. The minimum atomic E-state index is -0.503. The number of carbonyl (C=O) groups excluding carboxylic acids is 2. The highest BCUT2D eigenvalue weighted by molar-refractivity contribution is 5.95. The van der Waals surface area contributed by atoms with Crippen molar-refractivity contribution in [2.45, 2.75) is 36.8 Å². The quantitative estimate of drug-likeness (QED) is 0.806. The summed E-state index contributed by atoms with van der Waals surface area (Å²) in [4.78, 5) is 27.3. The van der Waals surface area contributed by atoms with Gasteiger partial charge < -0.3 is 15.0 Å². The molecule has 1 N–H and O–H groups in total. The van der Waals surface area contributed by atoms with Gasteiger partial charge in [0.15, 0.2) is 0 Å². The maximum atomic E-state index is 12.8. The molecule has 5 heteroatoms. The van der Waals surface area contributed by atoms with Gasteiger partial charge in [-0.1, -0.05) is 48.5 Å². The topological polar surface area (TPSA) is 58.6 Å². The molecule has 5 nitrogen and oxygen atoms in total. The zero-order chi connectivity index (χ0) is 19.6. The van der Waals surface area contributed by atoms with E-state index in [9.17, 15) is 9.59 Å². The lowest BCUT2D eigenvalue weighted by Gasteiger charge is -2.54. The van der Waals surface area contributed by atoms with Gasteiger partial charge in [0.2, 0.25) is 5.91 Å². The van der Waals surface area contributed by atoms with Crippen molar-refractivity contribution in [1.82, 2.24) is 10.2 Å². The van der Waals surface area contributed by atoms with Crippen molar-refractivity contribution in [2.24, 2.45) is 0 Å². The van der Waals surface area contributed by atoms with Gasteiger partial charge in [-0.25, -0.2) is 0 Å². The Balaban J connectivity index is 1.41. The first-order valence-corrected chi connectivity index (χ1v) is 9.82. The first-order chi connectivity index (χ1) is 13.6. The normalized spacial score (nSPS) is 18.8. The molecule has 0 radical (unpaired) electrons. The van der Waals surface area contributed by atoms with Gasteiger partial charge in [0.05, 0.1) is 5.60 Å². The van der Waals surface area contributed by atoms with Crippen LogP contribution in [0.5, 0.6) is 0 Å². The molecule has 0 atom stereocenters. The van der Waals surface area contributed by atoms with Crippen LogP contribution in [0.4, 0.5) is 0 Å². The first-order valence-electron chi connectivity index (χ1n) is 9.82. The second-order valence-corrected chi connectivity index (χ2v) is 7.84. The SMILES string of the molecule is COC1(C2(NC(=O)c3ccccc3)CN(C(=O)CCc3ccccc3)C2)CC1. The van der Waals surface area contributed by atoms with E-state index in [1.165, 1.54) is 0 Å². The Kier molecular flexibility index (Phi) is 4.94. The van der Waals surface area contributed by atoms with E-state index in [2.05, 4.69) is 5.32 Å². The maximum absolute atomic E-state index is 12.8. The van der Waals surface area contributed by atoms with Crippen LogP contribution in [0, 0.1) is 0 Å². The van der Waals surface area contributed by atoms with E-state index >= 15 is 0 Å². The number of aryl methyl sites for hydroxylation is 1. The fourth-order valence-electron chi connectivity index (χ4n) is 4.19. The molecule has 1 saturated carbocycles.